The van der Waals surface area contributed by atoms with Gasteiger partial charge in [0.05, 0.1) is 17.2 Å². The Bertz CT molecular complexity index is 1190. The molecule has 0 fully saturated rings. The molecular formula is C29H35NO5. The van der Waals surface area contributed by atoms with E-state index in [2.05, 4.69) is 12.2 Å². The van der Waals surface area contributed by atoms with E-state index < -0.39 is 5.97 Å². The Balaban J connectivity index is 1.66. The lowest BCUT2D eigenvalue weighted by molar-refractivity contribution is 0.0342. The van der Waals surface area contributed by atoms with Crippen LogP contribution in [0.2, 0.25) is 0 Å². The van der Waals surface area contributed by atoms with Crippen LogP contribution in [-0.4, -0.2) is 18.0 Å². The van der Waals surface area contributed by atoms with Crippen LogP contribution in [0.25, 0.3) is 11.0 Å². The Morgan fingerprint density at radius 2 is 1.63 bits per heavy atom. The maximum Gasteiger partial charge on any atom is 0.374 e. The minimum atomic E-state index is -0.725. The number of hydrogen-bond donors (Lipinski definition) is 1. The average molecular weight is 478 g/mol. The number of benzene rings is 2. The zero-order chi connectivity index (χ0) is 25.2. The summed E-state index contributed by atoms with van der Waals surface area (Å²) in [5, 5.41) is 3.08. The first-order valence-corrected chi connectivity index (χ1v) is 12.6. The molecule has 0 unspecified atom stereocenters. The van der Waals surface area contributed by atoms with Gasteiger partial charge in [-0.25, -0.2) is 4.79 Å². The van der Waals surface area contributed by atoms with Gasteiger partial charge in [-0.3, -0.25) is 9.59 Å². The van der Waals surface area contributed by atoms with E-state index in [0.29, 0.717) is 11.3 Å². The Morgan fingerprint density at radius 3 is 2.31 bits per heavy atom. The molecule has 0 bridgehead atoms. The summed E-state index contributed by atoms with van der Waals surface area (Å²) < 4.78 is 10.8. The van der Waals surface area contributed by atoms with Crippen molar-refractivity contribution < 1.29 is 18.7 Å². The zero-order valence-electron chi connectivity index (χ0n) is 20.9. The zero-order valence-corrected chi connectivity index (χ0v) is 20.9. The van der Waals surface area contributed by atoms with Crippen molar-refractivity contribution in [1.82, 2.24) is 0 Å². The molecule has 0 spiro atoms. The number of carbonyl (C=O) groups excluding carboxylic acids is 2. The molecule has 1 amide bonds. The first kappa shape index (κ1) is 26.2. The molecule has 0 aliphatic carbocycles. The number of nitrogens with one attached hydrogen (secondary N) is 1. The van der Waals surface area contributed by atoms with Crippen molar-refractivity contribution >= 4 is 28.5 Å². The number of ether oxygens (including phenoxy) is 1. The van der Waals surface area contributed by atoms with Crippen molar-refractivity contribution in [3.63, 3.8) is 0 Å². The maximum absolute atomic E-state index is 12.9. The Kier molecular flexibility index (Phi) is 9.65. The lowest BCUT2D eigenvalue weighted by Crippen LogP contribution is -2.16. The lowest BCUT2D eigenvalue weighted by Gasteiger charge is -2.11. The number of hydrogen-bond acceptors (Lipinski definition) is 5. The van der Waals surface area contributed by atoms with E-state index in [-0.39, 0.29) is 34.2 Å². The minimum absolute atomic E-state index is 0.139. The van der Waals surface area contributed by atoms with E-state index in [1.165, 1.54) is 44.1 Å². The van der Waals surface area contributed by atoms with E-state index >= 15 is 0 Å². The van der Waals surface area contributed by atoms with E-state index in [9.17, 15) is 14.4 Å². The monoisotopic (exact) mass is 477 g/mol. The Hall–Kier alpha value is -3.41. The second kappa shape index (κ2) is 12.9. The van der Waals surface area contributed by atoms with E-state index in [4.69, 9.17) is 9.15 Å². The van der Waals surface area contributed by atoms with E-state index in [1.807, 2.05) is 12.1 Å². The minimum Gasteiger partial charge on any atom is -0.457 e. The first-order chi connectivity index (χ1) is 16.9. The summed E-state index contributed by atoms with van der Waals surface area (Å²) in [6, 6.07) is 13.6. The molecule has 2 aromatic carbocycles. The predicted octanol–water partition coefficient (Wildman–Crippen LogP) is 6.90. The van der Waals surface area contributed by atoms with Crippen LogP contribution in [0.4, 0.5) is 5.69 Å². The van der Waals surface area contributed by atoms with Crippen molar-refractivity contribution in [2.45, 2.75) is 78.2 Å². The van der Waals surface area contributed by atoms with E-state index in [1.54, 1.807) is 44.2 Å². The molecule has 0 aliphatic heterocycles. The van der Waals surface area contributed by atoms with Gasteiger partial charge in [-0.05, 0) is 56.5 Å². The van der Waals surface area contributed by atoms with Crippen LogP contribution in [0.1, 0.15) is 92.2 Å². The fourth-order valence-corrected chi connectivity index (χ4v) is 3.95. The fraction of sp³-hybridized carbons (Fsp3) is 0.414. The van der Waals surface area contributed by atoms with Crippen LogP contribution in [0.15, 0.2) is 57.7 Å². The Labute approximate surface area is 206 Å². The predicted molar refractivity (Wildman–Crippen MR) is 139 cm³/mol. The molecule has 1 aromatic heterocycles. The summed E-state index contributed by atoms with van der Waals surface area (Å²) in [5.74, 6) is -1.25. The van der Waals surface area contributed by atoms with Crippen molar-refractivity contribution in [3.8, 4) is 0 Å². The summed E-state index contributed by atoms with van der Waals surface area (Å²) in [7, 11) is 0. The smallest absolute Gasteiger partial charge is 0.374 e. The normalized spacial score (nSPS) is 11.1. The van der Waals surface area contributed by atoms with Crippen LogP contribution in [-0.2, 0) is 11.2 Å². The summed E-state index contributed by atoms with van der Waals surface area (Å²) in [5.41, 5.74) is 1.78. The Morgan fingerprint density at radius 1 is 0.943 bits per heavy atom. The lowest BCUT2D eigenvalue weighted by atomic mass is 10.0. The maximum atomic E-state index is 12.9. The number of para-hydroxylation sites is 1. The summed E-state index contributed by atoms with van der Waals surface area (Å²) in [4.78, 5) is 37.7. The highest BCUT2D eigenvalue weighted by Crippen LogP contribution is 2.24. The number of anilines is 1. The molecule has 0 saturated carbocycles. The molecule has 1 heterocycles. The van der Waals surface area contributed by atoms with Crippen LogP contribution < -0.4 is 10.7 Å². The highest BCUT2D eigenvalue weighted by atomic mass is 16.6. The van der Waals surface area contributed by atoms with Gasteiger partial charge in [-0.2, -0.15) is 0 Å². The van der Waals surface area contributed by atoms with Gasteiger partial charge < -0.3 is 14.5 Å². The molecule has 1 N–H and O–H groups in total. The molecule has 186 valence electrons. The largest absolute Gasteiger partial charge is 0.457 e. The van der Waals surface area contributed by atoms with Crippen LogP contribution in [0.5, 0.6) is 0 Å². The fourth-order valence-electron chi connectivity index (χ4n) is 3.95. The average Bonchev–Trinajstić information content (AvgIpc) is 2.83. The van der Waals surface area contributed by atoms with Gasteiger partial charge in [-0.15, -0.1) is 0 Å². The number of aryl methyl sites for hydroxylation is 1. The van der Waals surface area contributed by atoms with Gasteiger partial charge in [-0.1, -0.05) is 63.6 Å². The van der Waals surface area contributed by atoms with Gasteiger partial charge in [0.1, 0.15) is 0 Å². The van der Waals surface area contributed by atoms with Crippen molar-refractivity contribution in [1.29, 1.82) is 0 Å². The number of amides is 1. The van der Waals surface area contributed by atoms with Gasteiger partial charge in [0.15, 0.2) is 11.0 Å². The first-order valence-electron chi connectivity index (χ1n) is 12.6. The summed E-state index contributed by atoms with van der Waals surface area (Å²) in [6.45, 7) is 5.65. The molecule has 0 atom stereocenters. The van der Waals surface area contributed by atoms with Crippen molar-refractivity contribution in [2.24, 2.45) is 0 Å². The molecule has 3 rings (SSSR count). The van der Waals surface area contributed by atoms with Crippen LogP contribution >= 0.6 is 0 Å². The number of carbonyl (C=O) groups is 2. The van der Waals surface area contributed by atoms with Crippen molar-refractivity contribution in [2.75, 3.05) is 5.32 Å². The molecular weight excluding hydrogens is 442 g/mol. The third kappa shape index (κ3) is 7.54. The molecule has 35 heavy (non-hydrogen) atoms. The standard InChI is InChI=1S/C29H35NO5/c1-4-5-6-7-8-9-10-12-21-15-17-22(18-16-21)28(32)30-24-14-11-13-23-25(31)19-26(35-27(23)24)29(33)34-20(2)3/h11,13-20H,4-10,12H2,1-3H3,(H,30,32). The SMILES string of the molecule is CCCCCCCCCc1ccc(C(=O)Nc2cccc3c(=O)cc(C(=O)OC(C)C)oc23)cc1. The molecule has 6 heteroatoms. The van der Waals surface area contributed by atoms with Gasteiger partial charge in [0, 0.05) is 11.6 Å². The number of fused-ring (bicyclic) bond motifs is 1. The molecule has 0 saturated heterocycles. The third-order valence-corrected chi connectivity index (χ3v) is 5.83. The van der Waals surface area contributed by atoms with Crippen molar-refractivity contribution in [3.05, 3.63) is 75.6 Å². The molecule has 0 radical (unpaired) electrons. The summed E-state index contributed by atoms with van der Waals surface area (Å²) in [6.07, 6.45) is 9.51. The van der Waals surface area contributed by atoms with Crippen LogP contribution in [0, 0.1) is 0 Å². The highest BCUT2D eigenvalue weighted by Gasteiger charge is 2.18. The second-order valence-corrected chi connectivity index (χ2v) is 9.13. The molecule has 3 aromatic rings. The topological polar surface area (TPSA) is 85.6 Å². The number of unbranched alkanes of at least 4 members (excludes halogenated alkanes) is 6. The molecule has 0 aliphatic rings. The third-order valence-electron chi connectivity index (χ3n) is 5.83. The van der Waals surface area contributed by atoms with Gasteiger partial charge >= 0.3 is 5.97 Å². The number of rotatable bonds is 12. The van der Waals surface area contributed by atoms with Gasteiger partial charge in [0.25, 0.3) is 5.91 Å². The highest BCUT2D eigenvalue weighted by molar-refractivity contribution is 6.08. The second-order valence-electron chi connectivity index (χ2n) is 9.13. The van der Waals surface area contributed by atoms with Crippen LogP contribution in [0.3, 0.4) is 0 Å². The van der Waals surface area contributed by atoms with E-state index in [0.717, 1.165) is 18.9 Å². The summed E-state index contributed by atoms with van der Waals surface area (Å²) >= 11 is 0. The quantitative estimate of drug-likeness (QED) is 0.226. The molecule has 6 nitrogen and oxygen atoms in total. The van der Waals surface area contributed by atoms with Gasteiger partial charge in [0.2, 0.25) is 5.76 Å². The number of esters is 1.